The molecule has 0 saturated heterocycles. The van der Waals surface area contributed by atoms with Gasteiger partial charge in [-0.1, -0.05) is 27.7 Å². The van der Waals surface area contributed by atoms with Gasteiger partial charge >= 0.3 is 0 Å². The molecule has 0 unspecified atom stereocenters. The number of amides is 1. The maximum absolute atomic E-state index is 13.1. The second-order valence-electron chi connectivity index (χ2n) is 7.50. The molecule has 0 radical (unpaired) electrons. The van der Waals surface area contributed by atoms with Crippen molar-refractivity contribution in [3.05, 3.63) is 26.6 Å². The molecule has 0 aromatic carbocycles. The van der Waals surface area contributed by atoms with E-state index in [2.05, 4.69) is 5.43 Å². The van der Waals surface area contributed by atoms with Gasteiger partial charge in [0, 0.05) is 16.7 Å². The van der Waals surface area contributed by atoms with Gasteiger partial charge < -0.3 is 0 Å². The Bertz CT molecular complexity index is 843. The van der Waals surface area contributed by atoms with Crippen molar-refractivity contribution in [1.82, 2.24) is 9.66 Å². The van der Waals surface area contributed by atoms with E-state index in [0.29, 0.717) is 17.6 Å². The number of rotatable bonds is 3. The summed E-state index contributed by atoms with van der Waals surface area (Å²) in [6, 6.07) is 0. The van der Waals surface area contributed by atoms with Crippen LogP contribution in [-0.2, 0) is 24.1 Å². The van der Waals surface area contributed by atoms with E-state index in [1.807, 2.05) is 27.7 Å². The van der Waals surface area contributed by atoms with Gasteiger partial charge in [-0.3, -0.25) is 15.0 Å². The minimum absolute atomic E-state index is 0.125. The molecule has 1 amide bonds. The standard InChI is InChI=1S/C18H25N3O2S/c1-5-8-13-19-15-14(11-9-6-7-10-12(11)24-15)16(22)21(13)20-17(23)18(2,3)4/h5-10H2,1-4H3,(H,20,23). The molecule has 5 nitrogen and oxygen atoms in total. The molecule has 130 valence electrons. The van der Waals surface area contributed by atoms with E-state index in [1.54, 1.807) is 11.3 Å². The summed E-state index contributed by atoms with van der Waals surface area (Å²) in [4.78, 5) is 32.4. The molecule has 0 spiro atoms. The van der Waals surface area contributed by atoms with Gasteiger partial charge in [0.05, 0.1) is 5.39 Å². The molecule has 2 aromatic rings. The van der Waals surface area contributed by atoms with Crippen molar-refractivity contribution in [1.29, 1.82) is 0 Å². The lowest BCUT2D eigenvalue weighted by atomic mass is 9.96. The molecule has 2 aromatic heterocycles. The van der Waals surface area contributed by atoms with Crippen LogP contribution >= 0.6 is 11.3 Å². The predicted molar refractivity (Wildman–Crippen MR) is 98.3 cm³/mol. The molecule has 1 N–H and O–H groups in total. The SMILES string of the molecule is CCCc1nc2sc3c(c2c(=O)n1NC(=O)C(C)(C)C)CCCC3. The molecule has 1 aliphatic rings. The number of nitrogens with one attached hydrogen (secondary N) is 1. The summed E-state index contributed by atoms with van der Waals surface area (Å²) in [5, 5.41) is 0.712. The Morgan fingerprint density at radius 2 is 2.00 bits per heavy atom. The summed E-state index contributed by atoms with van der Waals surface area (Å²) < 4.78 is 1.39. The lowest BCUT2D eigenvalue weighted by Gasteiger charge is -2.20. The number of thiophene rings is 1. The van der Waals surface area contributed by atoms with Crippen molar-refractivity contribution >= 4 is 27.5 Å². The fourth-order valence-corrected chi connectivity index (χ4v) is 4.29. The highest BCUT2D eigenvalue weighted by atomic mass is 32.1. The average Bonchev–Trinajstić information content (AvgIpc) is 2.88. The molecule has 24 heavy (non-hydrogen) atoms. The summed E-state index contributed by atoms with van der Waals surface area (Å²) in [6.07, 6.45) is 5.80. The Balaban J connectivity index is 2.18. The Labute approximate surface area is 146 Å². The highest BCUT2D eigenvalue weighted by Gasteiger charge is 2.25. The van der Waals surface area contributed by atoms with E-state index in [-0.39, 0.29) is 11.5 Å². The zero-order valence-corrected chi connectivity index (χ0v) is 15.7. The van der Waals surface area contributed by atoms with Crippen LogP contribution in [0.1, 0.15) is 63.2 Å². The van der Waals surface area contributed by atoms with Crippen molar-refractivity contribution in [3.63, 3.8) is 0 Å². The van der Waals surface area contributed by atoms with Crippen molar-refractivity contribution in [3.8, 4) is 0 Å². The Hall–Kier alpha value is -1.69. The fourth-order valence-electron chi connectivity index (χ4n) is 3.02. The van der Waals surface area contributed by atoms with Gasteiger partial charge in [-0.2, -0.15) is 0 Å². The van der Waals surface area contributed by atoms with Crippen LogP contribution in [0.5, 0.6) is 0 Å². The number of hydrogen-bond acceptors (Lipinski definition) is 4. The van der Waals surface area contributed by atoms with Crippen molar-refractivity contribution in [2.45, 2.75) is 66.2 Å². The maximum atomic E-state index is 13.1. The second kappa shape index (κ2) is 6.31. The van der Waals surface area contributed by atoms with Gasteiger partial charge in [-0.05, 0) is 37.7 Å². The first-order valence-corrected chi connectivity index (χ1v) is 9.52. The van der Waals surface area contributed by atoms with Crippen LogP contribution in [0.15, 0.2) is 4.79 Å². The van der Waals surface area contributed by atoms with Gasteiger partial charge in [0.15, 0.2) is 0 Å². The zero-order valence-electron chi connectivity index (χ0n) is 14.9. The summed E-state index contributed by atoms with van der Waals surface area (Å²) in [5.41, 5.74) is 3.26. The molecule has 0 aliphatic heterocycles. The first-order valence-electron chi connectivity index (χ1n) is 8.70. The maximum Gasteiger partial charge on any atom is 0.281 e. The molecular weight excluding hydrogens is 322 g/mol. The molecule has 0 bridgehead atoms. The number of aromatic nitrogens is 2. The molecule has 6 heteroatoms. The Morgan fingerprint density at radius 3 is 2.67 bits per heavy atom. The van der Waals surface area contributed by atoms with Crippen LogP contribution in [0.4, 0.5) is 0 Å². The highest BCUT2D eigenvalue weighted by molar-refractivity contribution is 7.18. The smallest absolute Gasteiger partial charge is 0.273 e. The number of carbonyl (C=O) groups excluding carboxylic acids is 1. The van der Waals surface area contributed by atoms with Crippen molar-refractivity contribution in [2.24, 2.45) is 5.41 Å². The van der Waals surface area contributed by atoms with E-state index < -0.39 is 5.41 Å². The number of carbonyl (C=O) groups is 1. The summed E-state index contributed by atoms with van der Waals surface area (Å²) in [7, 11) is 0. The predicted octanol–water partition coefficient (Wildman–Crippen LogP) is 3.41. The van der Waals surface area contributed by atoms with Gasteiger partial charge in [0.2, 0.25) is 5.91 Å². The van der Waals surface area contributed by atoms with Crippen LogP contribution in [0.25, 0.3) is 10.2 Å². The molecular formula is C18H25N3O2S. The number of fused-ring (bicyclic) bond motifs is 3. The molecule has 1 aliphatic carbocycles. The second-order valence-corrected chi connectivity index (χ2v) is 8.58. The molecule has 2 heterocycles. The van der Waals surface area contributed by atoms with E-state index in [4.69, 9.17) is 4.98 Å². The van der Waals surface area contributed by atoms with E-state index in [1.165, 1.54) is 16.0 Å². The highest BCUT2D eigenvalue weighted by Crippen LogP contribution is 2.33. The lowest BCUT2D eigenvalue weighted by Crippen LogP contribution is -2.41. The third-order valence-corrected chi connectivity index (χ3v) is 5.61. The molecule has 0 saturated carbocycles. The molecule has 0 atom stereocenters. The minimum atomic E-state index is -0.564. The van der Waals surface area contributed by atoms with Crippen LogP contribution < -0.4 is 11.0 Å². The van der Waals surface area contributed by atoms with Crippen LogP contribution in [0.2, 0.25) is 0 Å². The van der Waals surface area contributed by atoms with Crippen LogP contribution in [0, 0.1) is 5.41 Å². The van der Waals surface area contributed by atoms with Gasteiger partial charge in [-0.25, -0.2) is 9.66 Å². The van der Waals surface area contributed by atoms with E-state index >= 15 is 0 Å². The zero-order chi connectivity index (χ0) is 17.5. The summed E-state index contributed by atoms with van der Waals surface area (Å²) in [5.74, 6) is 0.471. The molecule has 0 fully saturated rings. The van der Waals surface area contributed by atoms with Gasteiger partial charge in [0.25, 0.3) is 5.56 Å². The van der Waals surface area contributed by atoms with E-state index in [9.17, 15) is 9.59 Å². The first-order chi connectivity index (χ1) is 11.3. The van der Waals surface area contributed by atoms with Crippen LogP contribution in [0.3, 0.4) is 0 Å². The molecule has 3 rings (SSSR count). The topological polar surface area (TPSA) is 64.0 Å². The number of hydrogen-bond donors (Lipinski definition) is 1. The van der Waals surface area contributed by atoms with E-state index in [0.717, 1.165) is 36.1 Å². The number of aryl methyl sites for hydroxylation is 3. The van der Waals surface area contributed by atoms with Gasteiger partial charge in [-0.15, -0.1) is 11.3 Å². The average molecular weight is 347 g/mol. The van der Waals surface area contributed by atoms with Crippen molar-refractivity contribution in [2.75, 3.05) is 5.43 Å². The quantitative estimate of drug-likeness (QED) is 0.925. The third-order valence-electron chi connectivity index (χ3n) is 4.43. The minimum Gasteiger partial charge on any atom is -0.273 e. The fraction of sp³-hybridized carbons (Fsp3) is 0.611. The monoisotopic (exact) mass is 347 g/mol. The van der Waals surface area contributed by atoms with Crippen LogP contribution in [-0.4, -0.2) is 15.6 Å². The Morgan fingerprint density at radius 1 is 1.29 bits per heavy atom. The summed E-state index contributed by atoms with van der Waals surface area (Å²) >= 11 is 1.65. The number of nitrogens with zero attached hydrogens (tertiary/aromatic N) is 2. The normalized spacial score (nSPS) is 14.7. The third kappa shape index (κ3) is 2.99. The van der Waals surface area contributed by atoms with Gasteiger partial charge in [0.1, 0.15) is 10.7 Å². The largest absolute Gasteiger partial charge is 0.281 e. The Kier molecular flexibility index (Phi) is 4.51. The van der Waals surface area contributed by atoms with Crippen molar-refractivity contribution < 1.29 is 4.79 Å². The summed E-state index contributed by atoms with van der Waals surface area (Å²) in [6.45, 7) is 7.56. The first kappa shape index (κ1) is 17.1. The lowest BCUT2D eigenvalue weighted by molar-refractivity contribution is -0.124.